The van der Waals surface area contributed by atoms with E-state index in [2.05, 4.69) is 23.6 Å². The Hall–Kier alpha value is -1.91. The van der Waals surface area contributed by atoms with Gasteiger partial charge in [-0.1, -0.05) is 31.5 Å². The molecule has 0 saturated heterocycles. The summed E-state index contributed by atoms with van der Waals surface area (Å²) in [4.78, 5) is 17.8. The van der Waals surface area contributed by atoms with E-state index in [0.29, 0.717) is 17.9 Å². The van der Waals surface area contributed by atoms with Gasteiger partial charge in [-0.3, -0.25) is 13.7 Å². The van der Waals surface area contributed by atoms with Crippen molar-refractivity contribution in [2.75, 3.05) is 17.1 Å². The summed E-state index contributed by atoms with van der Waals surface area (Å²) in [5, 5.41) is 0. The molecule has 3 rings (SSSR count). The number of rotatable bonds is 9. The highest BCUT2D eigenvalue weighted by Gasteiger charge is 2.28. The van der Waals surface area contributed by atoms with Crippen LogP contribution in [0, 0.1) is 26.2 Å². The normalized spacial score (nSPS) is 12.4. The average molecular weight is 498 g/mol. The lowest BCUT2D eigenvalue weighted by molar-refractivity contribution is 0.340. The number of anilines is 1. The van der Waals surface area contributed by atoms with E-state index in [0.717, 1.165) is 26.8 Å². The minimum absolute atomic E-state index is 0.0268. The van der Waals surface area contributed by atoms with Gasteiger partial charge in [0, 0.05) is 16.3 Å². The van der Waals surface area contributed by atoms with Gasteiger partial charge in [-0.25, -0.2) is 13.2 Å². The number of halogens is 1. The summed E-state index contributed by atoms with van der Waals surface area (Å²) in [6.45, 7) is 9.43. The zero-order valence-corrected chi connectivity index (χ0v) is 21.3. The summed E-state index contributed by atoms with van der Waals surface area (Å²) in [6, 6.07) is 6.48. The Balaban J connectivity index is 2.02. The molecule has 0 spiro atoms. The summed E-state index contributed by atoms with van der Waals surface area (Å²) in [6.07, 6.45) is 1.24. The predicted octanol–water partition coefficient (Wildman–Crippen LogP) is 5.33. The summed E-state index contributed by atoms with van der Waals surface area (Å²) in [7, 11) is -3.91. The Morgan fingerprint density at radius 2 is 1.84 bits per heavy atom. The molecule has 2 aliphatic heterocycles. The highest BCUT2D eigenvalue weighted by Crippen LogP contribution is 2.41. The molecule has 0 unspecified atom stereocenters. The Morgan fingerprint density at radius 3 is 2.47 bits per heavy atom. The Kier molecular flexibility index (Phi) is 7.36. The number of sulfonamides is 1. The lowest BCUT2D eigenvalue weighted by Crippen LogP contribution is -2.18. The molecule has 2 aliphatic rings. The summed E-state index contributed by atoms with van der Waals surface area (Å²) in [5.74, 6) is 0.726. The van der Waals surface area contributed by atoms with Crippen LogP contribution in [0.2, 0.25) is 0 Å². The number of aromatic nitrogens is 2. The molecule has 0 aliphatic carbocycles. The SMILES string of the molecule is Cc1ccc(S(=O)(=O)Nc2nc(=O)n3c(C)c(C)sc(SCC(C)(C)CCCF)c2-3)cc1. The first-order chi connectivity index (χ1) is 14.9. The van der Waals surface area contributed by atoms with Crippen LogP contribution in [-0.4, -0.2) is 30.4 Å². The number of hydrogen-bond donors (Lipinski definition) is 1. The molecule has 0 fully saturated rings. The Labute approximate surface area is 196 Å². The van der Waals surface area contributed by atoms with Crippen LogP contribution >= 0.6 is 23.1 Å². The third-order valence-electron chi connectivity index (χ3n) is 5.27. The summed E-state index contributed by atoms with van der Waals surface area (Å²) >= 11 is 3.05. The molecule has 1 N–H and O–H groups in total. The van der Waals surface area contributed by atoms with E-state index >= 15 is 0 Å². The van der Waals surface area contributed by atoms with Crippen molar-refractivity contribution in [2.24, 2.45) is 5.41 Å². The highest BCUT2D eigenvalue weighted by molar-refractivity contribution is 8.01. The quantitative estimate of drug-likeness (QED) is 0.404. The van der Waals surface area contributed by atoms with Gasteiger partial charge in [-0.05, 0) is 51.2 Å². The maximum atomic E-state index is 13.0. The second-order valence-corrected chi connectivity index (χ2v) is 12.8. The van der Waals surface area contributed by atoms with Gasteiger partial charge in [0.2, 0.25) is 0 Å². The highest BCUT2D eigenvalue weighted by atomic mass is 32.2. The molecule has 0 radical (unpaired) electrons. The fourth-order valence-corrected chi connectivity index (χ4v) is 6.86. The van der Waals surface area contributed by atoms with E-state index in [9.17, 15) is 17.6 Å². The molecule has 0 atom stereocenters. The molecule has 0 bridgehead atoms. The Bertz CT molecular complexity index is 1230. The maximum Gasteiger partial charge on any atom is 0.354 e. The molecule has 1 aromatic carbocycles. The second kappa shape index (κ2) is 9.52. The zero-order chi connectivity index (χ0) is 23.7. The molecule has 0 aromatic heterocycles. The standard InChI is InChI=1S/C22H28FN3O3S3/c1-14-7-9-17(10-8-14)32(28,29)25-19-18-20(30-13-22(4,5)11-6-12-23)31-16(3)15(2)26(18)21(27)24-19/h7-10H,6,11-13H2,1-5H3,(H,24,25,27). The molecule has 1 aromatic rings. The van der Waals surface area contributed by atoms with Gasteiger partial charge >= 0.3 is 5.69 Å². The molecule has 174 valence electrons. The van der Waals surface area contributed by atoms with Crippen molar-refractivity contribution in [2.45, 2.75) is 56.6 Å². The van der Waals surface area contributed by atoms with E-state index in [-0.39, 0.29) is 22.8 Å². The Morgan fingerprint density at radius 1 is 1.19 bits per heavy atom. The van der Waals surface area contributed by atoms with Crippen LogP contribution in [-0.2, 0) is 10.0 Å². The van der Waals surface area contributed by atoms with Gasteiger partial charge < -0.3 is 0 Å². The fourth-order valence-electron chi connectivity index (χ4n) is 3.27. The average Bonchev–Trinajstić information content (AvgIpc) is 3.04. The van der Waals surface area contributed by atoms with Crippen molar-refractivity contribution in [1.82, 2.24) is 9.55 Å². The van der Waals surface area contributed by atoms with Gasteiger partial charge in [0.05, 0.1) is 15.8 Å². The first kappa shape index (κ1) is 24.7. The zero-order valence-electron chi connectivity index (χ0n) is 18.9. The first-order valence-electron chi connectivity index (χ1n) is 10.3. The third-order valence-corrected chi connectivity index (χ3v) is 9.59. The number of thioether (sulfide) groups is 1. The summed E-state index contributed by atoms with van der Waals surface area (Å²) in [5.41, 5.74) is 1.50. The van der Waals surface area contributed by atoms with Crippen LogP contribution in [0.25, 0.3) is 5.69 Å². The van der Waals surface area contributed by atoms with Crippen molar-refractivity contribution in [1.29, 1.82) is 0 Å². The van der Waals surface area contributed by atoms with Crippen LogP contribution in [0.5, 0.6) is 0 Å². The second-order valence-electron chi connectivity index (χ2n) is 8.62. The van der Waals surface area contributed by atoms with E-state index in [1.807, 2.05) is 20.8 Å². The van der Waals surface area contributed by atoms with Crippen molar-refractivity contribution in [3.05, 3.63) is 50.9 Å². The van der Waals surface area contributed by atoms with Crippen LogP contribution in [0.1, 0.15) is 42.8 Å². The first-order valence-corrected chi connectivity index (χ1v) is 13.5. The number of nitrogens with one attached hydrogen (secondary N) is 1. The third kappa shape index (κ3) is 5.35. The van der Waals surface area contributed by atoms with Crippen molar-refractivity contribution < 1.29 is 12.8 Å². The number of alkyl halides is 1. The topological polar surface area (TPSA) is 81.1 Å². The van der Waals surface area contributed by atoms with E-state index in [4.69, 9.17) is 0 Å². The van der Waals surface area contributed by atoms with Crippen molar-refractivity contribution >= 4 is 38.9 Å². The predicted molar refractivity (Wildman–Crippen MR) is 130 cm³/mol. The van der Waals surface area contributed by atoms with Crippen LogP contribution in [0.3, 0.4) is 0 Å². The van der Waals surface area contributed by atoms with Gasteiger partial charge in [0.1, 0.15) is 5.69 Å². The number of aryl methyl sites for hydroxylation is 2. The number of benzene rings is 1. The van der Waals surface area contributed by atoms with Crippen molar-refractivity contribution in [3.63, 3.8) is 0 Å². The molecule has 0 amide bonds. The smallest absolute Gasteiger partial charge is 0.261 e. The molecule has 32 heavy (non-hydrogen) atoms. The van der Waals surface area contributed by atoms with Gasteiger partial charge in [0.25, 0.3) is 10.0 Å². The molecule has 6 nitrogen and oxygen atoms in total. The fraction of sp³-hybridized carbons (Fsp3) is 0.455. The molecular weight excluding hydrogens is 469 g/mol. The van der Waals surface area contributed by atoms with Gasteiger partial charge in [-0.2, -0.15) is 4.98 Å². The van der Waals surface area contributed by atoms with Gasteiger partial charge in [0.15, 0.2) is 5.82 Å². The molecule has 10 heteroatoms. The van der Waals surface area contributed by atoms with E-state index in [1.54, 1.807) is 23.9 Å². The summed E-state index contributed by atoms with van der Waals surface area (Å²) < 4.78 is 43.4. The van der Waals surface area contributed by atoms with E-state index in [1.165, 1.54) is 28.0 Å². The minimum Gasteiger partial charge on any atom is -0.261 e. The number of fused-ring (bicyclic) bond motifs is 1. The molecule has 2 heterocycles. The number of nitrogens with zero attached hydrogens (tertiary/aromatic N) is 2. The molecular formula is C22H28FN3O3S3. The maximum absolute atomic E-state index is 13.0. The molecule has 0 saturated carbocycles. The lowest BCUT2D eigenvalue weighted by atomic mass is 9.90. The number of hydrogen-bond acceptors (Lipinski definition) is 6. The minimum atomic E-state index is -3.91. The van der Waals surface area contributed by atoms with Crippen molar-refractivity contribution in [3.8, 4) is 5.69 Å². The van der Waals surface area contributed by atoms with Crippen LogP contribution in [0.15, 0.2) is 38.2 Å². The monoisotopic (exact) mass is 497 g/mol. The van der Waals surface area contributed by atoms with Crippen LogP contribution in [0.4, 0.5) is 10.2 Å². The number of imidazole rings is 1. The largest absolute Gasteiger partial charge is 0.354 e. The van der Waals surface area contributed by atoms with Gasteiger partial charge in [-0.15, -0.1) is 23.1 Å². The lowest BCUT2D eigenvalue weighted by Gasteiger charge is -2.24. The van der Waals surface area contributed by atoms with Crippen LogP contribution < -0.4 is 10.4 Å². The van der Waals surface area contributed by atoms with E-state index < -0.39 is 15.7 Å².